The van der Waals surface area contributed by atoms with Crippen LogP contribution in [0, 0.1) is 0 Å². The third-order valence-electron chi connectivity index (χ3n) is 3.29. The van der Waals surface area contributed by atoms with Gasteiger partial charge < -0.3 is 15.8 Å². The summed E-state index contributed by atoms with van der Waals surface area (Å²) in [5, 5.41) is 5.82. The molecule has 0 spiro atoms. The van der Waals surface area contributed by atoms with Crippen LogP contribution in [0.2, 0.25) is 5.02 Å². The van der Waals surface area contributed by atoms with Crippen molar-refractivity contribution in [2.75, 3.05) is 18.2 Å². The van der Waals surface area contributed by atoms with E-state index >= 15 is 0 Å². The van der Waals surface area contributed by atoms with Crippen LogP contribution in [0.15, 0.2) is 48.8 Å². The van der Waals surface area contributed by atoms with Gasteiger partial charge in [0.2, 0.25) is 0 Å². The Bertz CT molecular complexity index is 805. The summed E-state index contributed by atoms with van der Waals surface area (Å²) in [5.41, 5.74) is 8.37. The maximum atomic E-state index is 6.23. The summed E-state index contributed by atoms with van der Waals surface area (Å²) < 4.78 is 5.22. The summed E-state index contributed by atoms with van der Waals surface area (Å²) >= 11 is 6.23. The van der Waals surface area contributed by atoms with E-state index < -0.39 is 0 Å². The summed E-state index contributed by atoms with van der Waals surface area (Å²) in [6.07, 6.45) is 3.50. The Labute approximate surface area is 127 Å². The van der Waals surface area contributed by atoms with Crippen LogP contribution in [-0.4, -0.2) is 12.1 Å². The van der Waals surface area contributed by atoms with Gasteiger partial charge in [-0.2, -0.15) is 0 Å². The first kappa shape index (κ1) is 13.5. The van der Waals surface area contributed by atoms with Crippen LogP contribution in [0.5, 0.6) is 5.75 Å². The predicted molar refractivity (Wildman–Crippen MR) is 87.4 cm³/mol. The second kappa shape index (κ2) is 5.50. The predicted octanol–water partition coefficient (Wildman–Crippen LogP) is 4.22. The SMILES string of the molecule is COc1ccc(Cl)c(Nc2ccc(N)c3ccncc23)c1. The number of nitrogens with two attached hydrogens (primary N) is 1. The average molecular weight is 300 g/mol. The lowest BCUT2D eigenvalue weighted by atomic mass is 10.1. The lowest BCUT2D eigenvalue weighted by molar-refractivity contribution is 0.415. The van der Waals surface area contributed by atoms with Gasteiger partial charge in [0.25, 0.3) is 0 Å². The van der Waals surface area contributed by atoms with Crippen LogP contribution in [0.25, 0.3) is 10.8 Å². The lowest BCUT2D eigenvalue weighted by Crippen LogP contribution is -1.96. The van der Waals surface area contributed by atoms with Crippen LogP contribution in [0.4, 0.5) is 17.1 Å². The van der Waals surface area contributed by atoms with Gasteiger partial charge in [-0.1, -0.05) is 11.6 Å². The standard InChI is InChI=1S/C16H14ClN3O/c1-21-10-2-3-13(17)16(8-10)20-15-5-4-14(18)11-6-7-19-9-12(11)15/h2-9,20H,18H2,1H3. The Morgan fingerprint density at radius 3 is 2.76 bits per heavy atom. The van der Waals surface area contributed by atoms with E-state index in [-0.39, 0.29) is 0 Å². The van der Waals surface area contributed by atoms with Crippen molar-refractivity contribution in [1.29, 1.82) is 0 Å². The molecule has 21 heavy (non-hydrogen) atoms. The van der Waals surface area contributed by atoms with Gasteiger partial charge in [-0.3, -0.25) is 4.98 Å². The highest BCUT2D eigenvalue weighted by atomic mass is 35.5. The second-order valence-electron chi connectivity index (χ2n) is 4.59. The molecule has 1 heterocycles. The number of methoxy groups -OCH3 is 1. The van der Waals surface area contributed by atoms with Crippen molar-refractivity contribution in [3.63, 3.8) is 0 Å². The minimum absolute atomic E-state index is 0.615. The Morgan fingerprint density at radius 1 is 1.10 bits per heavy atom. The van der Waals surface area contributed by atoms with Crippen LogP contribution < -0.4 is 15.8 Å². The monoisotopic (exact) mass is 299 g/mol. The van der Waals surface area contributed by atoms with Crippen LogP contribution >= 0.6 is 11.6 Å². The Balaban J connectivity index is 2.08. The highest BCUT2D eigenvalue weighted by Crippen LogP contribution is 2.33. The smallest absolute Gasteiger partial charge is 0.121 e. The van der Waals surface area contributed by atoms with Gasteiger partial charge in [-0.25, -0.2) is 0 Å². The number of nitrogens with one attached hydrogen (secondary N) is 1. The maximum absolute atomic E-state index is 6.23. The number of fused-ring (bicyclic) bond motifs is 1. The number of anilines is 3. The van der Waals surface area contributed by atoms with E-state index in [1.54, 1.807) is 25.6 Å². The maximum Gasteiger partial charge on any atom is 0.121 e. The second-order valence-corrected chi connectivity index (χ2v) is 5.00. The normalized spacial score (nSPS) is 10.6. The zero-order chi connectivity index (χ0) is 14.8. The Hall–Kier alpha value is -2.46. The minimum atomic E-state index is 0.615. The minimum Gasteiger partial charge on any atom is -0.497 e. The molecular weight excluding hydrogens is 286 g/mol. The molecule has 0 aliphatic carbocycles. The van der Waals surface area contributed by atoms with E-state index in [9.17, 15) is 0 Å². The molecule has 3 aromatic rings. The molecule has 3 rings (SSSR count). The Kier molecular flexibility index (Phi) is 3.54. The number of nitrogens with zero attached hydrogens (tertiary/aromatic N) is 1. The molecule has 0 atom stereocenters. The number of ether oxygens (including phenoxy) is 1. The van der Waals surface area contributed by atoms with Crippen molar-refractivity contribution < 1.29 is 4.74 Å². The van der Waals surface area contributed by atoms with E-state index in [1.807, 2.05) is 30.3 Å². The van der Waals surface area contributed by atoms with Crippen molar-refractivity contribution in [2.24, 2.45) is 0 Å². The van der Waals surface area contributed by atoms with Crippen LogP contribution in [-0.2, 0) is 0 Å². The molecule has 0 aliphatic rings. The van der Waals surface area contributed by atoms with E-state index in [0.717, 1.165) is 33.6 Å². The summed E-state index contributed by atoms with van der Waals surface area (Å²) in [5.74, 6) is 0.736. The third kappa shape index (κ3) is 2.58. The molecule has 0 saturated carbocycles. The van der Waals surface area contributed by atoms with E-state index in [0.29, 0.717) is 5.02 Å². The molecule has 0 saturated heterocycles. The number of rotatable bonds is 3. The zero-order valence-electron chi connectivity index (χ0n) is 11.4. The molecule has 4 nitrogen and oxygen atoms in total. The van der Waals surface area contributed by atoms with Crippen molar-refractivity contribution >= 4 is 39.4 Å². The van der Waals surface area contributed by atoms with Gasteiger partial charge in [-0.05, 0) is 30.3 Å². The topological polar surface area (TPSA) is 60.2 Å². The van der Waals surface area contributed by atoms with Gasteiger partial charge in [-0.15, -0.1) is 0 Å². The molecule has 0 fully saturated rings. The first-order chi connectivity index (χ1) is 10.2. The molecule has 0 unspecified atom stereocenters. The summed E-state index contributed by atoms with van der Waals surface area (Å²) in [6.45, 7) is 0. The lowest BCUT2D eigenvalue weighted by Gasteiger charge is -2.13. The van der Waals surface area contributed by atoms with Gasteiger partial charge >= 0.3 is 0 Å². The fourth-order valence-corrected chi connectivity index (χ4v) is 2.36. The molecule has 2 aromatic carbocycles. The van der Waals surface area contributed by atoms with Crippen molar-refractivity contribution in [3.8, 4) is 5.75 Å². The first-order valence-corrected chi connectivity index (χ1v) is 6.79. The van der Waals surface area contributed by atoms with Gasteiger partial charge in [0.1, 0.15) is 5.75 Å². The van der Waals surface area contributed by atoms with E-state index in [2.05, 4.69) is 10.3 Å². The van der Waals surface area contributed by atoms with Crippen LogP contribution in [0.1, 0.15) is 0 Å². The molecule has 0 amide bonds. The van der Waals surface area contributed by atoms with Gasteiger partial charge in [0, 0.05) is 40.6 Å². The zero-order valence-corrected chi connectivity index (χ0v) is 12.2. The fraction of sp³-hybridized carbons (Fsp3) is 0.0625. The van der Waals surface area contributed by atoms with Crippen LogP contribution in [0.3, 0.4) is 0 Å². The molecule has 5 heteroatoms. The molecule has 3 N–H and O–H groups in total. The van der Waals surface area contributed by atoms with Crippen molar-refractivity contribution in [2.45, 2.75) is 0 Å². The first-order valence-electron chi connectivity index (χ1n) is 6.42. The van der Waals surface area contributed by atoms with E-state index in [4.69, 9.17) is 22.1 Å². The number of hydrogen-bond donors (Lipinski definition) is 2. The van der Waals surface area contributed by atoms with Crippen molar-refractivity contribution in [3.05, 3.63) is 53.8 Å². The molecule has 106 valence electrons. The Morgan fingerprint density at radius 2 is 1.95 bits per heavy atom. The van der Waals surface area contributed by atoms with Gasteiger partial charge in [0.15, 0.2) is 0 Å². The number of hydrogen-bond acceptors (Lipinski definition) is 4. The summed E-state index contributed by atoms with van der Waals surface area (Å²) in [7, 11) is 1.62. The molecule has 1 aromatic heterocycles. The number of halogens is 1. The largest absolute Gasteiger partial charge is 0.497 e. The fourth-order valence-electron chi connectivity index (χ4n) is 2.19. The molecular formula is C16H14ClN3O. The quantitative estimate of drug-likeness (QED) is 0.711. The van der Waals surface area contributed by atoms with E-state index in [1.165, 1.54) is 0 Å². The molecule has 0 bridgehead atoms. The average Bonchev–Trinajstić information content (AvgIpc) is 2.52. The van der Waals surface area contributed by atoms with Gasteiger partial charge in [0.05, 0.1) is 17.8 Å². The summed E-state index contributed by atoms with van der Waals surface area (Å²) in [4.78, 5) is 4.16. The third-order valence-corrected chi connectivity index (χ3v) is 3.62. The van der Waals surface area contributed by atoms with Crippen molar-refractivity contribution in [1.82, 2.24) is 4.98 Å². The highest BCUT2D eigenvalue weighted by molar-refractivity contribution is 6.33. The highest BCUT2D eigenvalue weighted by Gasteiger charge is 2.07. The summed E-state index contributed by atoms with van der Waals surface area (Å²) in [6, 6.07) is 11.1. The number of nitrogen functional groups attached to an aromatic ring is 1. The number of aromatic nitrogens is 1. The molecule has 0 radical (unpaired) electrons. The number of pyridine rings is 1. The molecule has 0 aliphatic heterocycles. The number of benzene rings is 2.